The number of aromatic nitrogens is 2. The summed E-state index contributed by atoms with van der Waals surface area (Å²) >= 11 is 1.75. The minimum absolute atomic E-state index is 1.04. The predicted octanol–water partition coefficient (Wildman–Crippen LogP) is 3.67. The van der Waals surface area contributed by atoms with Gasteiger partial charge in [0, 0.05) is 4.88 Å². The lowest BCUT2D eigenvalue weighted by molar-refractivity contribution is 1.16. The molecule has 0 amide bonds. The zero-order valence-electron chi connectivity index (χ0n) is 8.84. The third-order valence-corrected chi connectivity index (χ3v) is 3.83. The molecule has 0 spiro atoms. The van der Waals surface area contributed by atoms with Crippen LogP contribution in [0.2, 0.25) is 0 Å². The summed E-state index contributed by atoms with van der Waals surface area (Å²) < 4.78 is 1.18. The molecule has 0 fully saturated rings. The fourth-order valence-corrected chi connectivity index (χ4v) is 2.78. The van der Waals surface area contributed by atoms with Crippen LogP contribution in [0.4, 0.5) is 0 Å². The first-order valence-electron chi connectivity index (χ1n) is 5.11. The Labute approximate surface area is 97.6 Å². The lowest BCUT2D eigenvalue weighted by Crippen LogP contribution is -1.80. The topological polar surface area (TPSA) is 25.8 Å². The third-order valence-electron chi connectivity index (χ3n) is 2.55. The van der Waals surface area contributed by atoms with Crippen molar-refractivity contribution in [3.8, 4) is 10.4 Å². The van der Waals surface area contributed by atoms with Crippen molar-refractivity contribution in [2.45, 2.75) is 6.92 Å². The van der Waals surface area contributed by atoms with E-state index in [2.05, 4.69) is 40.3 Å². The number of aryl methyl sites for hydroxylation is 1. The Bertz CT molecular complexity index is 629. The van der Waals surface area contributed by atoms with E-state index >= 15 is 0 Å². The van der Waals surface area contributed by atoms with E-state index in [0.29, 0.717) is 0 Å². The number of hydrogen-bond acceptors (Lipinski definition) is 3. The first kappa shape index (κ1) is 9.48. The summed E-state index contributed by atoms with van der Waals surface area (Å²) in [4.78, 5) is 9.75. The van der Waals surface area contributed by atoms with Crippen LogP contribution >= 0.6 is 11.3 Å². The quantitative estimate of drug-likeness (QED) is 0.632. The second-order valence-corrected chi connectivity index (χ2v) is 4.70. The van der Waals surface area contributed by atoms with E-state index in [4.69, 9.17) is 0 Å². The zero-order valence-corrected chi connectivity index (χ0v) is 9.66. The Kier molecular flexibility index (Phi) is 2.18. The molecule has 0 atom stereocenters. The molecule has 0 saturated heterocycles. The number of rotatable bonds is 1. The van der Waals surface area contributed by atoms with Crippen LogP contribution in [0.25, 0.3) is 20.7 Å². The molecule has 0 unspecified atom stereocenters. The second kappa shape index (κ2) is 3.68. The van der Waals surface area contributed by atoms with Gasteiger partial charge in [0.1, 0.15) is 6.33 Å². The Morgan fingerprint density at radius 2 is 1.88 bits per heavy atom. The maximum atomic E-state index is 4.29. The van der Waals surface area contributed by atoms with Gasteiger partial charge in [-0.15, -0.1) is 11.3 Å². The van der Waals surface area contributed by atoms with E-state index in [9.17, 15) is 0 Å². The molecule has 3 rings (SSSR count). The minimum atomic E-state index is 1.04. The van der Waals surface area contributed by atoms with Crippen molar-refractivity contribution in [1.82, 2.24) is 9.97 Å². The standard InChI is InChI=1S/C13H10N2S/c1-9-13-11(15-8-14-9)7-12(16-13)10-5-3-2-4-6-10/h2-8H,1H3. The number of fused-ring (bicyclic) bond motifs is 1. The van der Waals surface area contributed by atoms with Crippen molar-refractivity contribution in [3.05, 3.63) is 48.4 Å². The van der Waals surface area contributed by atoms with Gasteiger partial charge in [0.2, 0.25) is 0 Å². The van der Waals surface area contributed by atoms with Gasteiger partial charge >= 0.3 is 0 Å². The first-order chi connectivity index (χ1) is 7.84. The smallest absolute Gasteiger partial charge is 0.116 e. The predicted molar refractivity (Wildman–Crippen MR) is 67.6 cm³/mol. The SMILES string of the molecule is Cc1ncnc2cc(-c3ccccc3)sc12. The van der Waals surface area contributed by atoms with E-state index in [1.807, 2.05) is 13.0 Å². The average molecular weight is 226 g/mol. The van der Waals surface area contributed by atoms with Crippen molar-refractivity contribution in [2.24, 2.45) is 0 Å². The molecule has 3 heteroatoms. The highest BCUT2D eigenvalue weighted by Crippen LogP contribution is 2.33. The maximum absolute atomic E-state index is 4.29. The molecule has 78 valence electrons. The number of hydrogen-bond donors (Lipinski definition) is 0. The molecule has 1 aromatic carbocycles. The molecular formula is C13H10N2S. The summed E-state index contributed by atoms with van der Waals surface area (Å²) in [5, 5.41) is 0. The van der Waals surface area contributed by atoms with Crippen LogP contribution in [0.5, 0.6) is 0 Å². The molecule has 0 saturated carbocycles. The van der Waals surface area contributed by atoms with Crippen molar-refractivity contribution in [2.75, 3.05) is 0 Å². The van der Waals surface area contributed by atoms with Crippen molar-refractivity contribution < 1.29 is 0 Å². The van der Waals surface area contributed by atoms with Gasteiger partial charge in [-0.25, -0.2) is 9.97 Å². The summed E-state index contributed by atoms with van der Waals surface area (Å²) in [7, 11) is 0. The molecule has 0 aliphatic heterocycles. The largest absolute Gasteiger partial charge is 0.240 e. The van der Waals surface area contributed by atoms with Crippen LogP contribution in [0.1, 0.15) is 5.69 Å². The molecule has 0 radical (unpaired) electrons. The molecule has 0 aliphatic carbocycles. The molecule has 2 nitrogen and oxygen atoms in total. The van der Waals surface area contributed by atoms with E-state index in [-0.39, 0.29) is 0 Å². The van der Waals surface area contributed by atoms with Crippen LogP contribution in [-0.2, 0) is 0 Å². The monoisotopic (exact) mass is 226 g/mol. The van der Waals surface area contributed by atoms with Crippen molar-refractivity contribution in [3.63, 3.8) is 0 Å². The van der Waals surface area contributed by atoms with Gasteiger partial charge in [0.15, 0.2) is 0 Å². The van der Waals surface area contributed by atoms with Gasteiger partial charge in [-0.2, -0.15) is 0 Å². The normalized spacial score (nSPS) is 10.8. The van der Waals surface area contributed by atoms with Crippen LogP contribution in [0.3, 0.4) is 0 Å². The Balaban J connectivity index is 2.23. The maximum Gasteiger partial charge on any atom is 0.116 e. The highest BCUT2D eigenvalue weighted by molar-refractivity contribution is 7.22. The van der Waals surface area contributed by atoms with Crippen molar-refractivity contribution >= 4 is 21.6 Å². The molecule has 16 heavy (non-hydrogen) atoms. The van der Waals surface area contributed by atoms with E-state index in [0.717, 1.165) is 11.2 Å². The fraction of sp³-hybridized carbons (Fsp3) is 0.0769. The molecule has 2 heterocycles. The molecular weight excluding hydrogens is 216 g/mol. The molecule has 0 aliphatic rings. The van der Waals surface area contributed by atoms with Gasteiger partial charge in [-0.1, -0.05) is 30.3 Å². The lowest BCUT2D eigenvalue weighted by Gasteiger charge is -1.93. The lowest BCUT2D eigenvalue weighted by atomic mass is 10.2. The first-order valence-corrected chi connectivity index (χ1v) is 5.93. The van der Waals surface area contributed by atoms with E-state index in [1.54, 1.807) is 17.7 Å². The van der Waals surface area contributed by atoms with Gasteiger partial charge < -0.3 is 0 Å². The van der Waals surface area contributed by atoms with E-state index in [1.165, 1.54) is 15.1 Å². The number of nitrogens with zero attached hydrogens (tertiary/aromatic N) is 2. The second-order valence-electron chi connectivity index (χ2n) is 3.65. The van der Waals surface area contributed by atoms with Crippen molar-refractivity contribution in [1.29, 1.82) is 0 Å². The fourth-order valence-electron chi connectivity index (χ4n) is 1.72. The average Bonchev–Trinajstić information content (AvgIpc) is 2.76. The van der Waals surface area contributed by atoms with E-state index < -0.39 is 0 Å². The summed E-state index contributed by atoms with van der Waals surface area (Å²) in [6.07, 6.45) is 1.62. The van der Waals surface area contributed by atoms with Gasteiger partial charge in [0.25, 0.3) is 0 Å². The zero-order chi connectivity index (χ0) is 11.0. The Morgan fingerprint density at radius 1 is 1.06 bits per heavy atom. The highest BCUT2D eigenvalue weighted by Gasteiger charge is 2.06. The molecule has 0 N–H and O–H groups in total. The summed E-state index contributed by atoms with van der Waals surface area (Å²) in [5.41, 5.74) is 3.33. The third kappa shape index (κ3) is 1.49. The minimum Gasteiger partial charge on any atom is -0.240 e. The summed E-state index contributed by atoms with van der Waals surface area (Å²) in [5.74, 6) is 0. The Hall–Kier alpha value is -1.74. The van der Waals surface area contributed by atoms with Crippen LogP contribution in [0.15, 0.2) is 42.7 Å². The van der Waals surface area contributed by atoms with Gasteiger partial charge in [0.05, 0.1) is 15.9 Å². The van der Waals surface area contributed by atoms with Gasteiger partial charge in [-0.05, 0) is 18.6 Å². The summed E-state index contributed by atoms with van der Waals surface area (Å²) in [6.45, 7) is 2.02. The number of benzene rings is 1. The van der Waals surface area contributed by atoms with Gasteiger partial charge in [-0.3, -0.25) is 0 Å². The van der Waals surface area contributed by atoms with Crippen LogP contribution in [0, 0.1) is 6.92 Å². The molecule has 3 aromatic rings. The molecule has 2 aromatic heterocycles. The number of thiophene rings is 1. The van der Waals surface area contributed by atoms with Crippen LogP contribution in [-0.4, -0.2) is 9.97 Å². The highest BCUT2D eigenvalue weighted by atomic mass is 32.1. The molecule has 0 bridgehead atoms. The Morgan fingerprint density at radius 3 is 2.62 bits per heavy atom. The van der Waals surface area contributed by atoms with Crippen LogP contribution < -0.4 is 0 Å². The summed E-state index contributed by atoms with van der Waals surface area (Å²) in [6, 6.07) is 12.5.